The van der Waals surface area contributed by atoms with Crippen molar-refractivity contribution < 1.29 is 9.90 Å². The van der Waals surface area contributed by atoms with E-state index in [0.29, 0.717) is 5.56 Å². The van der Waals surface area contributed by atoms with Gasteiger partial charge >= 0.3 is 0 Å². The van der Waals surface area contributed by atoms with Gasteiger partial charge in [-0.2, -0.15) is 0 Å². The van der Waals surface area contributed by atoms with Crippen LogP contribution < -0.4 is 0 Å². The summed E-state index contributed by atoms with van der Waals surface area (Å²) in [5, 5.41) is 9.18. The smallest absolute Gasteiger partial charge is 0.203 e. The van der Waals surface area contributed by atoms with E-state index in [1.165, 1.54) is 6.21 Å². The molecule has 0 radical (unpaired) electrons. The van der Waals surface area contributed by atoms with Crippen LogP contribution in [0.3, 0.4) is 0 Å². The van der Waals surface area contributed by atoms with Crippen molar-refractivity contribution in [2.45, 2.75) is 26.0 Å². The van der Waals surface area contributed by atoms with Crippen LogP contribution in [-0.2, 0) is 0 Å². The van der Waals surface area contributed by atoms with E-state index >= 15 is 0 Å². The van der Waals surface area contributed by atoms with Gasteiger partial charge in [-0.05, 0) is 13.8 Å². The minimum atomic E-state index is -0.537. The minimum absolute atomic E-state index is 0.136. The van der Waals surface area contributed by atoms with Gasteiger partial charge in [0.25, 0.3) is 0 Å². The summed E-state index contributed by atoms with van der Waals surface area (Å²) in [6.45, 7) is 3.41. The second-order valence-electron chi connectivity index (χ2n) is 3.49. The largest absolute Gasteiger partial charge is 0.391 e. The van der Waals surface area contributed by atoms with E-state index in [1.54, 1.807) is 38.1 Å². The molecule has 15 heavy (non-hydrogen) atoms. The highest BCUT2D eigenvalue weighted by Gasteiger charge is 2.06. The van der Waals surface area contributed by atoms with Gasteiger partial charge in [0, 0.05) is 5.56 Å². The fraction of sp³-hybridized carbons (Fsp3) is 0.333. The van der Waals surface area contributed by atoms with Crippen LogP contribution in [0.2, 0.25) is 0 Å². The van der Waals surface area contributed by atoms with Gasteiger partial charge in [-0.3, -0.25) is 9.79 Å². The van der Waals surface area contributed by atoms with Crippen LogP contribution in [0.25, 0.3) is 0 Å². The Morgan fingerprint density at radius 2 is 1.93 bits per heavy atom. The molecule has 0 aromatic heterocycles. The number of rotatable bonds is 4. The number of aliphatic hydroxyl groups is 1. The fourth-order valence-electron chi connectivity index (χ4n) is 0.987. The van der Waals surface area contributed by atoms with E-state index in [4.69, 9.17) is 0 Å². The first-order valence-electron chi connectivity index (χ1n) is 4.92. The lowest BCUT2D eigenvalue weighted by Gasteiger charge is -2.07. The molecule has 0 bridgehead atoms. The Bertz CT molecular complexity index is 344. The highest BCUT2D eigenvalue weighted by atomic mass is 16.3. The van der Waals surface area contributed by atoms with Crippen LogP contribution in [0.5, 0.6) is 0 Å². The van der Waals surface area contributed by atoms with Gasteiger partial charge in [-0.25, -0.2) is 0 Å². The van der Waals surface area contributed by atoms with Crippen LogP contribution >= 0.6 is 0 Å². The molecule has 1 aromatic carbocycles. The van der Waals surface area contributed by atoms with Crippen LogP contribution in [-0.4, -0.2) is 29.3 Å². The lowest BCUT2D eigenvalue weighted by atomic mass is 10.1. The molecule has 1 N–H and O–H groups in total. The Labute approximate surface area is 89.5 Å². The average Bonchev–Trinajstić information content (AvgIpc) is 2.26. The zero-order chi connectivity index (χ0) is 11.3. The third kappa shape index (κ3) is 3.64. The number of hydrogen-bond acceptors (Lipinski definition) is 3. The molecule has 3 heteroatoms. The highest BCUT2D eigenvalue weighted by Crippen LogP contribution is 2.00. The number of carbonyl (C=O) groups excluding carboxylic acids is 1. The molecule has 2 unspecified atom stereocenters. The van der Waals surface area contributed by atoms with Crippen LogP contribution in [0.15, 0.2) is 35.3 Å². The second-order valence-corrected chi connectivity index (χ2v) is 3.49. The van der Waals surface area contributed by atoms with Crippen molar-refractivity contribution >= 4 is 12.0 Å². The van der Waals surface area contributed by atoms with E-state index in [2.05, 4.69) is 4.99 Å². The van der Waals surface area contributed by atoms with E-state index in [1.807, 2.05) is 6.07 Å². The van der Waals surface area contributed by atoms with Crippen LogP contribution in [0.1, 0.15) is 24.2 Å². The van der Waals surface area contributed by atoms with Crippen molar-refractivity contribution in [1.29, 1.82) is 0 Å². The maximum absolute atomic E-state index is 11.5. The van der Waals surface area contributed by atoms with E-state index in [9.17, 15) is 9.90 Å². The number of hydrogen-bond donors (Lipinski definition) is 1. The third-order valence-corrected chi connectivity index (χ3v) is 2.18. The molecule has 0 heterocycles. The molecule has 0 fully saturated rings. The van der Waals surface area contributed by atoms with Crippen molar-refractivity contribution in [3.8, 4) is 0 Å². The summed E-state index contributed by atoms with van der Waals surface area (Å²) >= 11 is 0. The number of aliphatic imine (C=N–C) groups is 1. The Morgan fingerprint density at radius 3 is 2.47 bits per heavy atom. The summed E-state index contributed by atoms with van der Waals surface area (Å²) in [7, 11) is 0. The topological polar surface area (TPSA) is 49.7 Å². The van der Waals surface area contributed by atoms with Gasteiger partial charge in [0.2, 0.25) is 5.78 Å². The molecule has 3 nitrogen and oxygen atoms in total. The first-order chi connectivity index (χ1) is 7.11. The summed E-state index contributed by atoms with van der Waals surface area (Å²) in [4.78, 5) is 15.5. The number of nitrogens with zero attached hydrogens (tertiary/aromatic N) is 1. The molecule has 1 aromatic rings. The SMILES string of the molecule is CC(O)C(C)N=CC(=O)c1ccccc1. The Balaban J connectivity index is 2.64. The molecule has 0 aliphatic heterocycles. The maximum Gasteiger partial charge on any atom is 0.203 e. The predicted octanol–water partition coefficient (Wildman–Crippen LogP) is 1.71. The minimum Gasteiger partial charge on any atom is -0.391 e. The molecule has 0 aliphatic carbocycles. The van der Waals surface area contributed by atoms with Gasteiger partial charge in [-0.15, -0.1) is 0 Å². The normalized spacial score (nSPS) is 15.1. The van der Waals surface area contributed by atoms with Gasteiger partial charge in [0.1, 0.15) is 0 Å². The van der Waals surface area contributed by atoms with E-state index in [0.717, 1.165) is 0 Å². The van der Waals surface area contributed by atoms with Gasteiger partial charge < -0.3 is 5.11 Å². The monoisotopic (exact) mass is 205 g/mol. The average molecular weight is 205 g/mol. The summed E-state index contributed by atoms with van der Waals surface area (Å²) in [5.74, 6) is -0.136. The van der Waals surface area contributed by atoms with Gasteiger partial charge in [-0.1, -0.05) is 30.3 Å². The molecule has 0 saturated carbocycles. The fourth-order valence-corrected chi connectivity index (χ4v) is 0.987. The zero-order valence-electron chi connectivity index (χ0n) is 8.92. The number of ketones is 1. The number of carbonyl (C=O) groups is 1. The molecular weight excluding hydrogens is 190 g/mol. The first kappa shape index (κ1) is 11.6. The van der Waals surface area contributed by atoms with Crippen LogP contribution in [0.4, 0.5) is 0 Å². The summed E-state index contributed by atoms with van der Waals surface area (Å²) in [6.07, 6.45) is 0.733. The number of Topliss-reactive ketones (excluding diaryl/α,β-unsaturated/α-hetero) is 1. The van der Waals surface area contributed by atoms with Crippen LogP contribution in [0, 0.1) is 0 Å². The molecular formula is C12H15NO2. The maximum atomic E-state index is 11.5. The Hall–Kier alpha value is -1.48. The lowest BCUT2D eigenvalue weighted by molar-refractivity contribution is 0.106. The van der Waals surface area contributed by atoms with E-state index in [-0.39, 0.29) is 11.8 Å². The van der Waals surface area contributed by atoms with Crippen molar-refractivity contribution in [2.24, 2.45) is 4.99 Å². The Morgan fingerprint density at radius 1 is 1.33 bits per heavy atom. The van der Waals surface area contributed by atoms with Crippen molar-refractivity contribution in [2.75, 3.05) is 0 Å². The molecule has 80 valence electrons. The van der Waals surface area contributed by atoms with Crippen molar-refractivity contribution in [3.63, 3.8) is 0 Å². The molecule has 0 spiro atoms. The van der Waals surface area contributed by atoms with Gasteiger partial charge in [0.15, 0.2) is 0 Å². The highest BCUT2D eigenvalue weighted by molar-refractivity contribution is 6.35. The van der Waals surface area contributed by atoms with Gasteiger partial charge in [0.05, 0.1) is 18.4 Å². The second kappa shape index (κ2) is 5.41. The van der Waals surface area contributed by atoms with E-state index < -0.39 is 6.10 Å². The predicted molar refractivity (Wildman–Crippen MR) is 60.4 cm³/mol. The summed E-state index contributed by atoms with van der Waals surface area (Å²) < 4.78 is 0. The molecule has 0 saturated heterocycles. The lowest BCUT2D eigenvalue weighted by Crippen LogP contribution is -2.17. The molecule has 2 atom stereocenters. The summed E-state index contributed by atoms with van der Waals surface area (Å²) in [5.41, 5.74) is 0.610. The quantitative estimate of drug-likeness (QED) is 0.601. The Kier molecular flexibility index (Phi) is 4.18. The molecule has 0 amide bonds. The van der Waals surface area contributed by atoms with Crippen molar-refractivity contribution in [3.05, 3.63) is 35.9 Å². The molecule has 1 rings (SSSR count). The van der Waals surface area contributed by atoms with Crippen molar-refractivity contribution in [1.82, 2.24) is 0 Å². The zero-order valence-corrected chi connectivity index (χ0v) is 8.92. The number of benzene rings is 1. The first-order valence-corrected chi connectivity index (χ1v) is 4.92. The molecule has 0 aliphatic rings. The summed E-state index contributed by atoms with van der Waals surface area (Å²) in [6, 6.07) is 8.69. The third-order valence-electron chi connectivity index (χ3n) is 2.18. The number of aliphatic hydroxyl groups excluding tert-OH is 1. The standard InChI is InChI=1S/C12H15NO2/c1-9(10(2)14)13-8-12(15)11-6-4-3-5-7-11/h3-10,14H,1-2H3.